The van der Waals surface area contributed by atoms with Crippen LogP contribution in [0.4, 0.5) is 0 Å². The number of hydrazine groups is 1. The molecule has 1 amide bonds. The Morgan fingerprint density at radius 2 is 2.15 bits per heavy atom. The van der Waals surface area contributed by atoms with Gasteiger partial charge in [-0.1, -0.05) is 18.2 Å². The summed E-state index contributed by atoms with van der Waals surface area (Å²) in [6, 6.07) is 9.72. The van der Waals surface area contributed by atoms with E-state index in [1.54, 1.807) is 5.01 Å². The minimum Gasteiger partial charge on any atom is -0.351 e. The van der Waals surface area contributed by atoms with Crippen LogP contribution < -0.4 is 4.83 Å². The average Bonchev–Trinajstić information content (AvgIpc) is 3.02. The van der Waals surface area contributed by atoms with Gasteiger partial charge in [0.2, 0.25) is 10.0 Å². The molecule has 1 fully saturated rings. The van der Waals surface area contributed by atoms with Crippen LogP contribution >= 0.6 is 0 Å². The summed E-state index contributed by atoms with van der Waals surface area (Å²) in [5, 5.41) is 2.76. The summed E-state index contributed by atoms with van der Waals surface area (Å²) in [6.07, 6.45) is 3.05. The van der Waals surface area contributed by atoms with Crippen molar-refractivity contribution in [3.05, 3.63) is 36.0 Å². The highest BCUT2D eigenvalue weighted by atomic mass is 32.2. The van der Waals surface area contributed by atoms with Gasteiger partial charge < -0.3 is 9.88 Å². The molecule has 26 heavy (non-hydrogen) atoms. The smallest absolute Gasteiger partial charge is 0.270 e. The van der Waals surface area contributed by atoms with E-state index < -0.39 is 10.0 Å². The molecule has 8 heteroatoms. The van der Waals surface area contributed by atoms with Crippen molar-refractivity contribution in [2.45, 2.75) is 19.8 Å². The molecule has 0 bridgehead atoms. The van der Waals surface area contributed by atoms with E-state index in [-0.39, 0.29) is 11.8 Å². The second-order valence-electron chi connectivity index (χ2n) is 6.93. The summed E-state index contributed by atoms with van der Waals surface area (Å²) < 4.78 is 22.9. The Kier molecular flexibility index (Phi) is 5.64. The molecule has 1 unspecified atom stereocenters. The molecule has 1 atom stereocenters. The quantitative estimate of drug-likeness (QED) is 0.803. The van der Waals surface area contributed by atoms with Gasteiger partial charge in [0.1, 0.15) is 5.69 Å². The fourth-order valence-corrected chi connectivity index (χ4v) is 4.19. The summed E-state index contributed by atoms with van der Waals surface area (Å²) >= 11 is 0. The highest BCUT2D eigenvalue weighted by Crippen LogP contribution is 2.20. The van der Waals surface area contributed by atoms with Crippen LogP contribution in [0.5, 0.6) is 0 Å². The van der Waals surface area contributed by atoms with E-state index in [4.69, 9.17) is 0 Å². The lowest BCUT2D eigenvalue weighted by molar-refractivity contribution is 0.0669. The number of hydrogen-bond donors (Lipinski definition) is 2. The maximum absolute atomic E-state index is 12.9. The third-order valence-corrected chi connectivity index (χ3v) is 5.31. The molecule has 3 rings (SSSR count). The molecular weight excluding hydrogens is 352 g/mol. The van der Waals surface area contributed by atoms with Gasteiger partial charge in [0.05, 0.1) is 6.26 Å². The van der Waals surface area contributed by atoms with Crippen molar-refractivity contribution < 1.29 is 13.2 Å². The number of H-pyrrole nitrogens is 1. The van der Waals surface area contributed by atoms with Crippen LogP contribution in [0.25, 0.3) is 10.9 Å². The van der Waals surface area contributed by atoms with Crippen LogP contribution in [0.2, 0.25) is 0 Å². The van der Waals surface area contributed by atoms with E-state index in [1.807, 2.05) is 42.2 Å². The van der Waals surface area contributed by atoms with Gasteiger partial charge >= 0.3 is 0 Å². The molecule has 0 saturated carbocycles. The molecule has 2 aromatic rings. The summed E-state index contributed by atoms with van der Waals surface area (Å²) in [4.78, 5) is 20.5. The standard InChI is InChI=1S/C18H26N4O3S/c1-3-21(12-14-7-6-10-22(13-14)20-26(2,24)25)18(23)17-11-15-8-4-5-9-16(15)19-17/h4-5,8-9,11,14,19-20H,3,6-7,10,12-13H2,1-2H3. The second kappa shape index (κ2) is 7.77. The number of hydrogen-bond acceptors (Lipinski definition) is 4. The number of benzene rings is 1. The molecule has 2 heterocycles. The Bertz CT molecular complexity index is 844. The summed E-state index contributed by atoms with van der Waals surface area (Å²) in [7, 11) is -3.26. The Balaban J connectivity index is 1.67. The summed E-state index contributed by atoms with van der Waals surface area (Å²) in [5.41, 5.74) is 1.54. The maximum atomic E-state index is 12.9. The van der Waals surface area contributed by atoms with Gasteiger partial charge in [-0.25, -0.2) is 13.4 Å². The molecule has 1 aromatic heterocycles. The number of para-hydroxylation sites is 1. The van der Waals surface area contributed by atoms with Gasteiger partial charge in [0, 0.05) is 37.1 Å². The van der Waals surface area contributed by atoms with Gasteiger partial charge in [-0.05, 0) is 37.8 Å². The molecule has 2 N–H and O–H groups in total. The molecule has 1 saturated heterocycles. The molecule has 1 aliphatic rings. The van der Waals surface area contributed by atoms with Gasteiger partial charge in [0.25, 0.3) is 5.91 Å². The molecule has 1 aromatic carbocycles. The zero-order chi connectivity index (χ0) is 18.7. The number of fused-ring (bicyclic) bond motifs is 1. The average molecular weight is 378 g/mol. The van der Waals surface area contributed by atoms with Crippen molar-refractivity contribution in [2.75, 3.05) is 32.4 Å². The van der Waals surface area contributed by atoms with Crippen LogP contribution in [-0.4, -0.2) is 61.7 Å². The molecule has 0 spiro atoms. The molecular formula is C18H26N4O3S. The number of sulfonamides is 1. The molecule has 0 aliphatic carbocycles. The van der Waals surface area contributed by atoms with E-state index in [2.05, 4.69) is 9.82 Å². The maximum Gasteiger partial charge on any atom is 0.270 e. The summed E-state index contributed by atoms with van der Waals surface area (Å²) in [5.74, 6) is 0.225. The third kappa shape index (κ3) is 4.63. The van der Waals surface area contributed by atoms with E-state index in [0.717, 1.165) is 30.0 Å². The van der Waals surface area contributed by atoms with Crippen molar-refractivity contribution in [2.24, 2.45) is 5.92 Å². The summed E-state index contributed by atoms with van der Waals surface area (Å²) in [6.45, 7) is 4.52. The highest BCUT2D eigenvalue weighted by Gasteiger charge is 2.26. The fourth-order valence-electron chi connectivity index (χ4n) is 3.56. The topological polar surface area (TPSA) is 85.5 Å². The van der Waals surface area contributed by atoms with E-state index in [0.29, 0.717) is 31.9 Å². The lowest BCUT2D eigenvalue weighted by Crippen LogP contribution is -2.49. The normalized spacial score (nSPS) is 18.9. The van der Waals surface area contributed by atoms with E-state index >= 15 is 0 Å². The number of nitrogens with one attached hydrogen (secondary N) is 2. The number of aromatic amines is 1. The first-order valence-corrected chi connectivity index (χ1v) is 10.8. The third-order valence-electron chi connectivity index (χ3n) is 4.72. The van der Waals surface area contributed by atoms with Crippen molar-refractivity contribution >= 4 is 26.8 Å². The number of nitrogens with zero attached hydrogens (tertiary/aromatic N) is 2. The highest BCUT2D eigenvalue weighted by molar-refractivity contribution is 7.88. The van der Waals surface area contributed by atoms with E-state index in [9.17, 15) is 13.2 Å². The van der Waals surface area contributed by atoms with Crippen molar-refractivity contribution in [1.29, 1.82) is 0 Å². The molecule has 142 valence electrons. The minimum absolute atomic E-state index is 0.0168. The molecule has 1 aliphatic heterocycles. The minimum atomic E-state index is -3.26. The van der Waals surface area contributed by atoms with Crippen LogP contribution in [-0.2, 0) is 10.0 Å². The van der Waals surface area contributed by atoms with Gasteiger partial charge in [0.15, 0.2) is 0 Å². The number of piperidine rings is 1. The first-order valence-electron chi connectivity index (χ1n) is 8.95. The monoisotopic (exact) mass is 378 g/mol. The lowest BCUT2D eigenvalue weighted by Gasteiger charge is -2.34. The van der Waals surface area contributed by atoms with Crippen molar-refractivity contribution in [3.63, 3.8) is 0 Å². The first-order chi connectivity index (χ1) is 12.4. The van der Waals surface area contributed by atoms with Crippen molar-refractivity contribution in [3.8, 4) is 0 Å². The van der Waals surface area contributed by atoms with Gasteiger partial charge in [-0.15, -0.1) is 4.83 Å². The van der Waals surface area contributed by atoms with Crippen LogP contribution in [0.15, 0.2) is 30.3 Å². The van der Waals surface area contributed by atoms with Crippen LogP contribution in [0.1, 0.15) is 30.3 Å². The Hall–Kier alpha value is -1.90. The lowest BCUT2D eigenvalue weighted by atomic mass is 9.98. The molecule has 0 radical (unpaired) electrons. The predicted molar refractivity (Wildman–Crippen MR) is 102 cm³/mol. The van der Waals surface area contributed by atoms with Crippen LogP contribution in [0, 0.1) is 5.92 Å². The number of aromatic nitrogens is 1. The number of amides is 1. The SMILES string of the molecule is CCN(CC1CCCN(NS(C)(=O)=O)C1)C(=O)c1cc2ccccc2[nH]1. The number of carbonyl (C=O) groups is 1. The fraction of sp³-hybridized carbons (Fsp3) is 0.500. The van der Waals surface area contributed by atoms with Gasteiger partial charge in [-0.3, -0.25) is 4.79 Å². The largest absolute Gasteiger partial charge is 0.351 e. The zero-order valence-corrected chi connectivity index (χ0v) is 16.1. The van der Waals surface area contributed by atoms with Crippen LogP contribution in [0.3, 0.4) is 0 Å². The molecule has 7 nitrogen and oxygen atoms in total. The predicted octanol–water partition coefficient (Wildman–Crippen LogP) is 1.81. The first kappa shape index (κ1) is 18.9. The zero-order valence-electron chi connectivity index (χ0n) is 15.2. The van der Waals surface area contributed by atoms with E-state index in [1.165, 1.54) is 0 Å². The Morgan fingerprint density at radius 3 is 2.85 bits per heavy atom. The van der Waals surface area contributed by atoms with Gasteiger partial charge in [-0.2, -0.15) is 0 Å². The Morgan fingerprint density at radius 1 is 1.38 bits per heavy atom. The van der Waals surface area contributed by atoms with Crippen molar-refractivity contribution in [1.82, 2.24) is 19.7 Å². The Labute approximate surface area is 154 Å². The number of carbonyl (C=O) groups excluding carboxylic acids is 1. The number of rotatable bonds is 6. The second-order valence-corrected chi connectivity index (χ2v) is 8.66.